The normalized spacial score (nSPS) is 10.7. The number of hydrogen-bond acceptors (Lipinski definition) is 4. The first-order valence-corrected chi connectivity index (χ1v) is 6.20. The number of nitrogens with zero attached hydrogens (tertiary/aromatic N) is 1. The van der Waals surface area contributed by atoms with E-state index in [4.69, 9.17) is 17.0 Å². The lowest BCUT2D eigenvalue weighted by Crippen LogP contribution is -2.28. The quantitative estimate of drug-likeness (QED) is 0.479. The summed E-state index contributed by atoms with van der Waals surface area (Å²) < 4.78 is 34.1. The molecule has 110 valence electrons. The maximum absolute atomic E-state index is 12.2. The summed E-state index contributed by atoms with van der Waals surface area (Å²) in [5.41, 5.74) is 3.23. The molecule has 0 heterocycles. The van der Waals surface area contributed by atoms with E-state index >= 15 is 0 Å². The molecule has 1 rings (SSSR count). The van der Waals surface area contributed by atoms with Crippen molar-refractivity contribution in [2.75, 3.05) is 13.7 Å². The van der Waals surface area contributed by atoms with E-state index in [1.54, 1.807) is 26.1 Å². The van der Waals surface area contributed by atoms with Crippen molar-refractivity contribution in [3.63, 3.8) is 0 Å². The fourth-order valence-corrected chi connectivity index (χ4v) is 1.34. The molecule has 0 bridgehead atoms. The van der Waals surface area contributed by atoms with Gasteiger partial charge in [0.05, 0.1) is 12.8 Å². The van der Waals surface area contributed by atoms with E-state index < -0.39 is 6.61 Å². The Kier molecular flexibility index (Phi) is 6.65. The molecule has 0 unspecified atom stereocenters. The molecule has 0 saturated heterocycles. The highest BCUT2D eigenvalue weighted by Crippen LogP contribution is 2.29. The predicted octanol–water partition coefficient (Wildman–Crippen LogP) is 2.11. The molecule has 0 aliphatic carbocycles. The SMILES string of the molecule is CCOc1cc(/C=N\NC(=S)NC)ccc1OC(F)F. The lowest BCUT2D eigenvalue weighted by molar-refractivity contribution is -0.0514. The van der Waals surface area contributed by atoms with Crippen LogP contribution in [0.25, 0.3) is 0 Å². The van der Waals surface area contributed by atoms with Gasteiger partial charge in [-0.15, -0.1) is 0 Å². The molecule has 1 aromatic carbocycles. The molecule has 8 heteroatoms. The van der Waals surface area contributed by atoms with E-state index in [2.05, 4.69) is 20.6 Å². The van der Waals surface area contributed by atoms with Gasteiger partial charge in [0.15, 0.2) is 16.6 Å². The predicted molar refractivity (Wildman–Crippen MR) is 76.6 cm³/mol. The molecule has 0 radical (unpaired) electrons. The molecule has 0 aliphatic heterocycles. The van der Waals surface area contributed by atoms with Crippen LogP contribution in [-0.2, 0) is 0 Å². The van der Waals surface area contributed by atoms with Crippen LogP contribution in [0.5, 0.6) is 11.5 Å². The molecule has 0 atom stereocenters. The molecular formula is C12H15F2N3O2S. The highest BCUT2D eigenvalue weighted by molar-refractivity contribution is 7.80. The van der Waals surface area contributed by atoms with E-state index in [0.29, 0.717) is 17.3 Å². The average molecular weight is 303 g/mol. The Labute approximate surface area is 121 Å². The number of ether oxygens (including phenoxy) is 2. The standard InChI is InChI=1S/C12H15F2N3O2S/c1-3-18-10-6-8(7-16-17-12(20)15-2)4-5-9(10)19-11(13)14/h4-7,11H,3H2,1-2H3,(H2,15,17,20)/b16-7-. The number of hydrazone groups is 1. The van der Waals surface area contributed by atoms with Crippen LogP contribution in [0.4, 0.5) is 8.78 Å². The third kappa shape index (κ3) is 5.35. The van der Waals surface area contributed by atoms with Gasteiger partial charge in [0.25, 0.3) is 0 Å². The molecule has 2 N–H and O–H groups in total. The van der Waals surface area contributed by atoms with Crippen LogP contribution < -0.4 is 20.2 Å². The molecule has 0 aliphatic rings. The zero-order chi connectivity index (χ0) is 15.0. The number of thiocarbonyl (C=S) groups is 1. The summed E-state index contributed by atoms with van der Waals surface area (Å²) >= 11 is 4.84. The summed E-state index contributed by atoms with van der Waals surface area (Å²) in [6.07, 6.45) is 1.48. The summed E-state index contributed by atoms with van der Waals surface area (Å²) in [5.74, 6) is 0.214. The molecule has 0 fully saturated rings. The molecule has 0 amide bonds. The summed E-state index contributed by atoms with van der Waals surface area (Å²) in [5, 5.41) is 6.94. The summed E-state index contributed by atoms with van der Waals surface area (Å²) in [4.78, 5) is 0. The Hall–Kier alpha value is -1.96. The average Bonchev–Trinajstić information content (AvgIpc) is 2.41. The fraction of sp³-hybridized carbons (Fsp3) is 0.333. The van der Waals surface area contributed by atoms with Crippen LogP contribution in [-0.4, -0.2) is 31.6 Å². The largest absolute Gasteiger partial charge is 0.490 e. The lowest BCUT2D eigenvalue weighted by atomic mass is 10.2. The van der Waals surface area contributed by atoms with Crippen molar-refractivity contribution < 1.29 is 18.3 Å². The van der Waals surface area contributed by atoms with Gasteiger partial charge >= 0.3 is 6.61 Å². The van der Waals surface area contributed by atoms with E-state index in [0.717, 1.165) is 0 Å². The van der Waals surface area contributed by atoms with Gasteiger partial charge in [-0.2, -0.15) is 13.9 Å². The Morgan fingerprint density at radius 2 is 2.20 bits per heavy atom. The zero-order valence-electron chi connectivity index (χ0n) is 11.0. The molecular weight excluding hydrogens is 288 g/mol. The first-order chi connectivity index (χ1) is 9.56. The molecule has 0 saturated carbocycles. The Balaban J connectivity index is 2.83. The van der Waals surface area contributed by atoms with Gasteiger partial charge in [0, 0.05) is 7.05 Å². The number of nitrogens with one attached hydrogen (secondary N) is 2. The monoisotopic (exact) mass is 303 g/mol. The van der Waals surface area contributed by atoms with Crippen LogP contribution >= 0.6 is 12.2 Å². The summed E-state index contributed by atoms with van der Waals surface area (Å²) in [6, 6.07) is 4.53. The van der Waals surface area contributed by atoms with Crippen molar-refractivity contribution in [1.29, 1.82) is 0 Å². The summed E-state index contributed by atoms with van der Waals surface area (Å²) in [7, 11) is 1.66. The number of halogens is 2. The molecule has 0 aromatic heterocycles. The Bertz CT molecular complexity index is 484. The molecule has 1 aromatic rings. The van der Waals surface area contributed by atoms with Crippen molar-refractivity contribution in [3.8, 4) is 11.5 Å². The van der Waals surface area contributed by atoms with Gasteiger partial charge in [-0.3, -0.25) is 5.43 Å². The smallest absolute Gasteiger partial charge is 0.387 e. The van der Waals surface area contributed by atoms with E-state index in [1.165, 1.54) is 12.3 Å². The van der Waals surface area contributed by atoms with Crippen molar-refractivity contribution in [3.05, 3.63) is 23.8 Å². The lowest BCUT2D eigenvalue weighted by Gasteiger charge is -2.11. The van der Waals surface area contributed by atoms with Crippen LogP contribution in [0.2, 0.25) is 0 Å². The summed E-state index contributed by atoms with van der Waals surface area (Å²) in [6.45, 7) is -0.814. The minimum Gasteiger partial charge on any atom is -0.490 e. The number of hydrogen-bond donors (Lipinski definition) is 2. The van der Waals surface area contributed by atoms with Crippen LogP contribution in [0.3, 0.4) is 0 Å². The van der Waals surface area contributed by atoms with Crippen molar-refractivity contribution in [2.24, 2.45) is 5.10 Å². The first-order valence-electron chi connectivity index (χ1n) is 5.79. The van der Waals surface area contributed by atoms with Crippen LogP contribution in [0.1, 0.15) is 12.5 Å². The first kappa shape index (κ1) is 16.1. The van der Waals surface area contributed by atoms with E-state index in [9.17, 15) is 8.78 Å². The second kappa shape index (κ2) is 8.26. The van der Waals surface area contributed by atoms with Crippen LogP contribution in [0.15, 0.2) is 23.3 Å². The van der Waals surface area contributed by atoms with Gasteiger partial charge in [-0.05, 0) is 42.9 Å². The van der Waals surface area contributed by atoms with Crippen molar-refractivity contribution in [1.82, 2.24) is 10.7 Å². The van der Waals surface area contributed by atoms with Gasteiger partial charge in [0.1, 0.15) is 0 Å². The van der Waals surface area contributed by atoms with Gasteiger partial charge in [-0.1, -0.05) is 0 Å². The number of benzene rings is 1. The third-order valence-electron chi connectivity index (χ3n) is 2.09. The van der Waals surface area contributed by atoms with E-state index in [1.807, 2.05) is 0 Å². The zero-order valence-corrected chi connectivity index (χ0v) is 11.8. The third-order valence-corrected chi connectivity index (χ3v) is 2.39. The topological polar surface area (TPSA) is 54.9 Å². The van der Waals surface area contributed by atoms with Gasteiger partial charge < -0.3 is 14.8 Å². The maximum Gasteiger partial charge on any atom is 0.387 e. The van der Waals surface area contributed by atoms with E-state index in [-0.39, 0.29) is 11.5 Å². The second-order valence-corrected chi connectivity index (χ2v) is 3.88. The minimum absolute atomic E-state index is 0.0160. The van der Waals surface area contributed by atoms with Gasteiger partial charge in [0.2, 0.25) is 0 Å². The molecule has 0 spiro atoms. The van der Waals surface area contributed by atoms with Gasteiger partial charge in [-0.25, -0.2) is 0 Å². The van der Waals surface area contributed by atoms with Crippen molar-refractivity contribution in [2.45, 2.75) is 13.5 Å². The fourth-order valence-electron chi connectivity index (χ4n) is 1.29. The maximum atomic E-state index is 12.2. The molecule has 5 nitrogen and oxygen atoms in total. The minimum atomic E-state index is -2.90. The Morgan fingerprint density at radius 1 is 1.45 bits per heavy atom. The van der Waals surface area contributed by atoms with Crippen molar-refractivity contribution >= 4 is 23.5 Å². The number of alkyl halides is 2. The molecule has 20 heavy (non-hydrogen) atoms. The highest BCUT2D eigenvalue weighted by atomic mass is 32.1. The Morgan fingerprint density at radius 3 is 2.80 bits per heavy atom. The number of rotatable bonds is 6. The van der Waals surface area contributed by atoms with Crippen LogP contribution in [0, 0.1) is 0 Å². The second-order valence-electron chi connectivity index (χ2n) is 3.47. The highest BCUT2D eigenvalue weighted by Gasteiger charge is 2.10.